The third-order valence-electron chi connectivity index (χ3n) is 3.56. The topological polar surface area (TPSA) is 63.3 Å². The number of hydrogen-bond donors (Lipinski definition) is 1. The molecular formula is C17H15NO3. The minimum Gasteiger partial charge on any atom is -0.478 e. The minimum atomic E-state index is -0.968. The second-order valence-corrected chi connectivity index (χ2v) is 4.91. The van der Waals surface area contributed by atoms with Crippen molar-refractivity contribution < 1.29 is 14.3 Å². The number of carboxylic acid groups (broad SMARTS) is 1. The van der Waals surface area contributed by atoms with Gasteiger partial charge in [-0.05, 0) is 30.2 Å². The fraction of sp³-hybridized carbons (Fsp3) is 0.176. The molecule has 0 saturated heterocycles. The molecule has 0 amide bonds. The maximum Gasteiger partial charge on any atom is 0.335 e. The van der Waals surface area contributed by atoms with Crippen molar-refractivity contribution in [1.29, 1.82) is 0 Å². The number of carboxylic acids is 1. The molecule has 106 valence electrons. The SMILES string of the molecule is CCC(c1ccccc1)c1nc2ccc(C(=O)O)cc2o1. The van der Waals surface area contributed by atoms with Crippen LogP contribution >= 0.6 is 0 Å². The number of fused-ring (bicyclic) bond motifs is 1. The molecule has 0 aliphatic carbocycles. The van der Waals surface area contributed by atoms with Crippen molar-refractivity contribution >= 4 is 17.1 Å². The number of rotatable bonds is 4. The largest absolute Gasteiger partial charge is 0.478 e. The van der Waals surface area contributed by atoms with E-state index in [4.69, 9.17) is 9.52 Å². The Morgan fingerprint density at radius 3 is 2.67 bits per heavy atom. The number of benzene rings is 2. The number of hydrogen-bond acceptors (Lipinski definition) is 3. The van der Waals surface area contributed by atoms with Crippen LogP contribution in [0.4, 0.5) is 0 Å². The highest BCUT2D eigenvalue weighted by Gasteiger charge is 2.19. The lowest BCUT2D eigenvalue weighted by Crippen LogP contribution is -1.99. The summed E-state index contributed by atoms with van der Waals surface area (Å²) in [5.41, 5.74) is 2.55. The highest BCUT2D eigenvalue weighted by molar-refractivity contribution is 5.91. The number of oxazole rings is 1. The van der Waals surface area contributed by atoms with Gasteiger partial charge < -0.3 is 9.52 Å². The van der Waals surface area contributed by atoms with Gasteiger partial charge in [-0.25, -0.2) is 9.78 Å². The fourth-order valence-corrected chi connectivity index (χ4v) is 2.46. The van der Waals surface area contributed by atoms with Crippen molar-refractivity contribution in [2.24, 2.45) is 0 Å². The zero-order valence-electron chi connectivity index (χ0n) is 11.6. The van der Waals surface area contributed by atoms with Crippen LogP contribution in [-0.4, -0.2) is 16.1 Å². The molecule has 21 heavy (non-hydrogen) atoms. The van der Waals surface area contributed by atoms with E-state index >= 15 is 0 Å². The van der Waals surface area contributed by atoms with E-state index in [1.54, 1.807) is 12.1 Å². The minimum absolute atomic E-state index is 0.0758. The van der Waals surface area contributed by atoms with Gasteiger partial charge in [0.1, 0.15) is 5.52 Å². The maximum atomic E-state index is 11.0. The Balaban J connectivity index is 2.05. The average Bonchev–Trinajstić information content (AvgIpc) is 2.91. The summed E-state index contributed by atoms with van der Waals surface area (Å²) in [6.07, 6.45) is 0.864. The van der Waals surface area contributed by atoms with Crippen LogP contribution in [0, 0.1) is 0 Å². The zero-order valence-corrected chi connectivity index (χ0v) is 11.6. The van der Waals surface area contributed by atoms with Gasteiger partial charge in [0.25, 0.3) is 0 Å². The van der Waals surface area contributed by atoms with E-state index in [-0.39, 0.29) is 11.5 Å². The molecule has 3 rings (SSSR count). The Hall–Kier alpha value is -2.62. The summed E-state index contributed by atoms with van der Waals surface area (Å²) in [6, 6.07) is 14.8. The van der Waals surface area contributed by atoms with E-state index in [9.17, 15) is 4.79 Å². The lowest BCUT2D eigenvalue weighted by molar-refractivity contribution is 0.0697. The molecule has 1 N–H and O–H groups in total. The highest BCUT2D eigenvalue weighted by Crippen LogP contribution is 2.30. The van der Waals surface area contributed by atoms with Crippen LogP contribution < -0.4 is 0 Å². The number of nitrogens with zero attached hydrogens (tertiary/aromatic N) is 1. The van der Waals surface area contributed by atoms with Crippen molar-refractivity contribution in [2.75, 3.05) is 0 Å². The first-order valence-electron chi connectivity index (χ1n) is 6.87. The van der Waals surface area contributed by atoms with E-state index in [0.717, 1.165) is 12.0 Å². The number of aromatic nitrogens is 1. The van der Waals surface area contributed by atoms with Crippen LogP contribution in [0.25, 0.3) is 11.1 Å². The van der Waals surface area contributed by atoms with Crippen LogP contribution in [0.3, 0.4) is 0 Å². The van der Waals surface area contributed by atoms with Gasteiger partial charge in [-0.1, -0.05) is 37.3 Å². The molecule has 0 spiro atoms. The number of carbonyl (C=O) groups is 1. The van der Waals surface area contributed by atoms with Crippen LogP contribution in [0.2, 0.25) is 0 Å². The Bertz CT molecular complexity index is 777. The monoisotopic (exact) mass is 281 g/mol. The van der Waals surface area contributed by atoms with Crippen molar-refractivity contribution in [2.45, 2.75) is 19.3 Å². The van der Waals surface area contributed by atoms with Crippen LogP contribution in [0.15, 0.2) is 52.9 Å². The van der Waals surface area contributed by atoms with Crippen molar-refractivity contribution in [3.05, 3.63) is 65.5 Å². The molecule has 0 aliphatic rings. The Labute approximate surface area is 122 Å². The first-order valence-corrected chi connectivity index (χ1v) is 6.87. The first-order chi connectivity index (χ1) is 10.2. The summed E-state index contributed by atoms with van der Waals surface area (Å²) < 4.78 is 5.79. The third-order valence-corrected chi connectivity index (χ3v) is 3.56. The molecule has 0 aliphatic heterocycles. The molecule has 1 atom stereocenters. The molecule has 0 bridgehead atoms. The second kappa shape index (κ2) is 5.40. The Morgan fingerprint density at radius 2 is 2.00 bits per heavy atom. The summed E-state index contributed by atoms with van der Waals surface area (Å²) in [7, 11) is 0. The van der Waals surface area contributed by atoms with E-state index in [2.05, 4.69) is 11.9 Å². The molecule has 0 saturated carbocycles. The van der Waals surface area contributed by atoms with Gasteiger partial charge in [0.2, 0.25) is 5.89 Å². The van der Waals surface area contributed by atoms with Gasteiger partial charge in [-0.15, -0.1) is 0 Å². The molecule has 4 nitrogen and oxygen atoms in total. The van der Waals surface area contributed by atoms with Gasteiger partial charge in [0, 0.05) is 0 Å². The normalized spacial score (nSPS) is 12.4. The molecule has 4 heteroatoms. The standard InChI is InChI=1S/C17H15NO3/c1-2-13(11-6-4-3-5-7-11)16-18-14-9-8-12(17(19)20)10-15(14)21-16/h3-10,13H,2H2,1H3,(H,19,20). The molecule has 1 aromatic heterocycles. The van der Waals surface area contributed by atoms with Gasteiger partial charge >= 0.3 is 5.97 Å². The summed E-state index contributed by atoms with van der Waals surface area (Å²) in [6.45, 7) is 2.08. The fourth-order valence-electron chi connectivity index (χ4n) is 2.46. The van der Waals surface area contributed by atoms with Crippen molar-refractivity contribution in [3.8, 4) is 0 Å². The molecule has 1 unspecified atom stereocenters. The van der Waals surface area contributed by atoms with E-state index < -0.39 is 5.97 Å². The lowest BCUT2D eigenvalue weighted by atomic mass is 9.97. The predicted molar refractivity (Wildman–Crippen MR) is 79.5 cm³/mol. The van der Waals surface area contributed by atoms with Crippen molar-refractivity contribution in [1.82, 2.24) is 4.98 Å². The molecule has 1 heterocycles. The third kappa shape index (κ3) is 2.52. The van der Waals surface area contributed by atoms with Gasteiger partial charge in [-0.3, -0.25) is 0 Å². The van der Waals surface area contributed by atoms with Gasteiger partial charge in [0.15, 0.2) is 5.58 Å². The van der Waals surface area contributed by atoms with E-state index in [0.29, 0.717) is 17.0 Å². The van der Waals surface area contributed by atoms with Crippen molar-refractivity contribution in [3.63, 3.8) is 0 Å². The predicted octanol–water partition coefficient (Wildman–Crippen LogP) is 4.07. The zero-order chi connectivity index (χ0) is 14.8. The quantitative estimate of drug-likeness (QED) is 0.783. The molecule has 0 radical (unpaired) electrons. The van der Waals surface area contributed by atoms with E-state index in [1.165, 1.54) is 6.07 Å². The van der Waals surface area contributed by atoms with Crippen LogP contribution in [0.1, 0.15) is 41.1 Å². The Kier molecular flexibility index (Phi) is 3.44. The van der Waals surface area contributed by atoms with Crippen LogP contribution in [0.5, 0.6) is 0 Å². The Morgan fingerprint density at radius 1 is 1.24 bits per heavy atom. The first kappa shape index (κ1) is 13.4. The molecule has 3 aromatic rings. The molecule has 2 aromatic carbocycles. The number of aromatic carboxylic acids is 1. The smallest absolute Gasteiger partial charge is 0.335 e. The van der Waals surface area contributed by atoms with Crippen LogP contribution in [-0.2, 0) is 0 Å². The lowest BCUT2D eigenvalue weighted by Gasteiger charge is -2.10. The van der Waals surface area contributed by atoms with Gasteiger partial charge in [-0.2, -0.15) is 0 Å². The second-order valence-electron chi connectivity index (χ2n) is 4.91. The molecular weight excluding hydrogens is 266 g/mol. The summed E-state index contributed by atoms with van der Waals surface area (Å²) in [4.78, 5) is 15.5. The average molecular weight is 281 g/mol. The van der Waals surface area contributed by atoms with Gasteiger partial charge in [0.05, 0.1) is 11.5 Å². The maximum absolute atomic E-state index is 11.0. The highest BCUT2D eigenvalue weighted by atomic mass is 16.4. The molecule has 0 fully saturated rings. The van der Waals surface area contributed by atoms with E-state index in [1.807, 2.05) is 30.3 Å². The summed E-state index contributed by atoms with van der Waals surface area (Å²) in [5, 5.41) is 9.02. The summed E-state index contributed by atoms with van der Waals surface area (Å²) in [5.74, 6) is -0.266. The summed E-state index contributed by atoms with van der Waals surface area (Å²) >= 11 is 0.